The second-order valence-electron chi connectivity index (χ2n) is 7.75. The van der Waals surface area contributed by atoms with E-state index in [2.05, 4.69) is 4.98 Å². The molecule has 2 aromatic rings. The zero-order chi connectivity index (χ0) is 20.8. The molecule has 4 rings (SSSR count). The Morgan fingerprint density at radius 3 is 2.41 bits per heavy atom. The Labute approximate surface area is 172 Å². The van der Waals surface area contributed by atoms with Crippen molar-refractivity contribution in [3.63, 3.8) is 0 Å². The van der Waals surface area contributed by atoms with Crippen molar-refractivity contribution in [2.24, 2.45) is 16.9 Å². The van der Waals surface area contributed by atoms with E-state index in [-0.39, 0.29) is 23.3 Å². The van der Waals surface area contributed by atoms with Crippen molar-refractivity contribution >= 4 is 35.0 Å². The van der Waals surface area contributed by atoms with E-state index in [0.717, 1.165) is 12.1 Å². The maximum Gasteiger partial charge on any atom is 0.269 e. The maximum atomic E-state index is 13.3. The number of halogens is 1. The molecule has 1 saturated heterocycles. The highest BCUT2D eigenvalue weighted by Gasteiger charge is 2.49. The van der Waals surface area contributed by atoms with Crippen LogP contribution in [0.2, 0.25) is 5.02 Å². The molecule has 29 heavy (non-hydrogen) atoms. The molecule has 8 nitrogen and oxygen atoms in total. The van der Waals surface area contributed by atoms with Gasteiger partial charge in [-0.05, 0) is 44.2 Å². The fourth-order valence-electron chi connectivity index (χ4n) is 4.68. The van der Waals surface area contributed by atoms with Crippen LogP contribution in [0.1, 0.15) is 59.1 Å². The first-order valence-corrected chi connectivity index (χ1v) is 9.95. The first-order valence-electron chi connectivity index (χ1n) is 9.57. The summed E-state index contributed by atoms with van der Waals surface area (Å²) in [4.78, 5) is 42.4. The number of carbonyl (C=O) groups excluding carboxylic acids is 3. The third kappa shape index (κ3) is 3.17. The summed E-state index contributed by atoms with van der Waals surface area (Å²) in [6.45, 7) is 0.636. The molecule has 0 radical (unpaired) electrons. The summed E-state index contributed by atoms with van der Waals surface area (Å²) in [6, 6.07) is 7.30. The number of carbonyl (C=O) groups is 3. The molecule has 2 aliphatic rings. The molecule has 2 heterocycles. The fraction of sp³-hybridized carbons (Fsp3) is 0.400. The number of nitrogens with zero attached hydrogens (tertiary/aromatic N) is 3. The summed E-state index contributed by atoms with van der Waals surface area (Å²) in [7, 11) is 0. The largest absolute Gasteiger partial charge is 0.364 e. The predicted molar refractivity (Wildman–Crippen MR) is 108 cm³/mol. The minimum absolute atomic E-state index is 0.0360. The van der Waals surface area contributed by atoms with Crippen molar-refractivity contribution in [1.29, 1.82) is 0 Å². The fourth-order valence-corrected chi connectivity index (χ4v) is 4.92. The minimum atomic E-state index is -0.786. The number of hydrogen-bond acceptors (Lipinski definition) is 4. The third-order valence-corrected chi connectivity index (χ3v) is 6.54. The highest BCUT2D eigenvalue weighted by Crippen LogP contribution is 2.49. The normalized spacial score (nSPS) is 24.2. The molecular weight excluding hydrogens is 394 g/mol. The van der Waals surface area contributed by atoms with Crippen molar-refractivity contribution in [3.05, 3.63) is 47.0 Å². The molecule has 3 amide bonds. The van der Waals surface area contributed by atoms with Crippen LogP contribution in [0, 0.1) is 5.41 Å². The first kappa shape index (κ1) is 19.4. The van der Waals surface area contributed by atoms with Crippen LogP contribution < -0.4 is 16.4 Å². The smallest absolute Gasteiger partial charge is 0.269 e. The molecule has 1 aliphatic heterocycles. The number of nitrogens with two attached hydrogens (primary N) is 2. The van der Waals surface area contributed by atoms with Gasteiger partial charge in [0.2, 0.25) is 5.91 Å². The molecule has 0 bridgehead atoms. The highest BCUT2D eigenvalue weighted by molar-refractivity contribution is 6.34. The molecule has 152 valence electrons. The van der Waals surface area contributed by atoms with Gasteiger partial charge >= 0.3 is 0 Å². The zero-order valence-corrected chi connectivity index (χ0v) is 16.6. The van der Waals surface area contributed by atoms with E-state index in [1.165, 1.54) is 6.33 Å². The van der Waals surface area contributed by atoms with Gasteiger partial charge in [-0.15, -0.1) is 0 Å². The Morgan fingerprint density at radius 1 is 1.10 bits per heavy atom. The summed E-state index contributed by atoms with van der Waals surface area (Å²) in [5, 5.41) is 0.565. The van der Waals surface area contributed by atoms with Crippen LogP contribution in [-0.2, 0) is 4.79 Å². The van der Waals surface area contributed by atoms with Gasteiger partial charge in [0.25, 0.3) is 11.8 Å². The van der Waals surface area contributed by atoms with Crippen molar-refractivity contribution in [2.75, 3.05) is 11.4 Å². The van der Waals surface area contributed by atoms with E-state index in [0.29, 0.717) is 37.3 Å². The van der Waals surface area contributed by atoms with Gasteiger partial charge in [0.05, 0.1) is 22.5 Å². The number of hydrogen-bond donors (Lipinski definition) is 2. The summed E-state index contributed by atoms with van der Waals surface area (Å²) in [5.74, 6) is -1.42. The Kier molecular flexibility index (Phi) is 4.82. The lowest BCUT2D eigenvalue weighted by Crippen LogP contribution is -2.38. The van der Waals surface area contributed by atoms with Crippen LogP contribution in [0.4, 0.5) is 5.69 Å². The van der Waals surface area contributed by atoms with Crippen molar-refractivity contribution in [3.8, 4) is 0 Å². The zero-order valence-electron chi connectivity index (χ0n) is 15.8. The molecule has 2 fully saturated rings. The molecule has 1 spiro atoms. The number of rotatable bonds is 4. The maximum absolute atomic E-state index is 13.3. The lowest BCUT2D eigenvalue weighted by molar-refractivity contribution is -0.127. The number of para-hydroxylation sites is 1. The Morgan fingerprint density at radius 2 is 1.79 bits per heavy atom. The van der Waals surface area contributed by atoms with Crippen LogP contribution in [0.5, 0.6) is 0 Å². The van der Waals surface area contributed by atoms with Gasteiger partial charge in [-0.25, -0.2) is 4.98 Å². The standard InChI is InChI=1S/C20H22ClN5O3/c21-13-3-1-2-4-14(13)25-10-9-20(19(25)29)7-5-12(6-8-20)26-11-24-15(17(22)27)16(26)18(23)28/h1-4,11-12H,5-10H2,(H2,22,27)(H2,23,28). The lowest BCUT2D eigenvalue weighted by atomic mass is 9.71. The summed E-state index contributed by atoms with van der Waals surface area (Å²) >= 11 is 6.29. The average molecular weight is 416 g/mol. The van der Waals surface area contributed by atoms with Crippen molar-refractivity contribution < 1.29 is 14.4 Å². The van der Waals surface area contributed by atoms with Crippen molar-refractivity contribution in [1.82, 2.24) is 9.55 Å². The molecule has 4 N–H and O–H groups in total. The number of amides is 3. The minimum Gasteiger partial charge on any atom is -0.364 e. The average Bonchev–Trinajstić information content (AvgIpc) is 3.27. The van der Waals surface area contributed by atoms with Crippen LogP contribution in [-0.4, -0.2) is 33.8 Å². The quantitative estimate of drug-likeness (QED) is 0.794. The van der Waals surface area contributed by atoms with Gasteiger partial charge in [0, 0.05) is 12.6 Å². The number of aromatic nitrogens is 2. The van der Waals surface area contributed by atoms with Gasteiger partial charge in [-0.2, -0.15) is 0 Å². The number of benzene rings is 1. The lowest BCUT2D eigenvalue weighted by Gasteiger charge is -2.36. The van der Waals surface area contributed by atoms with Gasteiger partial charge < -0.3 is 20.9 Å². The second-order valence-corrected chi connectivity index (χ2v) is 8.15. The van der Waals surface area contributed by atoms with Crippen LogP contribution in [0.15, 0.2) is 30.6 Å². The summed E-state index contributed by atoms with van der Waals surface area (Å²) in [6.07, 6.45) is 4.92. The topological polar surface area (TPSA) is 124 Å². The van der Waals surface area contributed by atoms with Crippen molar-refractivity contribution in [2.45, 2.75) is 38.1 Å². The molecule has 1 saturated carbocycles. The van der Waals surface area contributed by atoms with Gasteiger partial charge in [-0.3, -0.25) is 14.4 Å². The van der Waals surface area contributed by atoms with Gasteiger partial charge in [-0.1, -0.05) is 23.7 Å². The monoisotopic (exact) mass is 415 g/mol. The molecule has 1 aromatic carbocycles. The molecule has 0 unspecified atom stereocenters. The molecule has 9 heteroatoms. The number of imidazole rings is 1. The van der Waals surface area contributed by atoms with Gasteiger partial charge in [0.1, 0.15) is 5.69 Å². The predicted octanol–water partition coefficient (Wildman–Crippen LogP) is 2.27. The van der Waals surface area contributed by atoms with E-state index >= 15 is 0 Å². The molecule has 1 aliphatic carbocycles. The highest BCUT2D eigenvalue weighted by atomic mass is 35.5. The first-order chi connectivity index (χ1) is 13.8. The van der Waals surface area contributed by atoms with Crippen LogP contribution in [0.25, 0.3) is 0 Å². The second kappa shape index (κ2) is 7.18. The summed E-state index contributed by atoms with van der Waals surface area (Å²) in [5.41, 5.74) is 11.0. The summed E-state index contributed by atoms with van der Waals surface area (Å²) < 4.78 is 1.64. The number of anilines is 1. The molecule has 1 aromatic heterocycles. The Bertz CT molecular complexity index is 994. The van der Waals surface area contributed by atoms with E-state index in [4.69, 9.17) is 23.1 Å². The van der Waals surface area contributed by atoms with E-state index in [9.17, 15) is 14.4 Å². The Balaban J connectivity index is 1.53. The van der Waals surface area contributed by atoms with E-state index in [1.807, 2.05) is 18.2 Å². The van der Waals surface area contributed by atoms with Gasteiger partial charge in [0.15, 0.2) is 5.69 Å². The van der Waals surface area contributed by atoms with E-state index in [1.54, 1.807) is 15.5 Å². The van der Waals surface area contributed by atoms with Crippen LogP contribution in [0.3, 0.4) is 0 Å². The van der Waals surface area contributed by atoms with Crippen LogP contribution >= 0.6 is 11.6 Å². The third-order valence-electron chi connectivity index (χ3n) is 6.22. The molecule has 0 atom stereocenters. The Hall–Kier alpha value is -2.87. The number of primary amides is 2. The SMILES string of the molecule is NC(=O)c1ncn(C2CCC3(CC2)CCN(c2ccccc2Cl)C3=O)c1C(N)=O. The van der Waals surface area contributed by atoms with E-state index < -0.39 is 17.2 Å². The molecular formula is C20H22ClN5O3.